The molecular formula is C23H28N6S. The topological polar surface area (TPSA) is 56.3 Å². The summed E-state index contributed by atoms with van der Waals surface area (Å²) in [5.74, 6) is 0.649. The van der Waals surface area contributed by atoms with Crippen LogP contribution in [0, 0.1) is 6.92 Å². The third-order valence-corrected chi connectivity index (χ3v) is 7.16. The van der Waals surface area contributed by atoms with E-state index in [9.17, 15) is 0 Å². The number of benzene rings is 1. The van der Waals surface area contributed by atoms with Crippen molar-refractivity contribution in [2.24, 2.45) is 0 Å². The van der Waals surface area contributed by atoms with Crippen LogP contribution in [0.3, 0.4) is 0 Å². The maximum Gasteiger partial charge on any atom is 0.227 e. The molecule has 1 aromatic carbocycles. The van der Waals surface area contributed by atoms with Gasteiger partial charge in [-0.15, -0.1) is 11.3 Å². The SMILES string of the molecule is Cc1cnc(Nc2cccc(N3CCN(C)CC3)c2)nc1-c1cc2c(s1)CCNC2. The minimum absolute atomic E-state index is 0.649. The molecule has 2 aromatic heterocycles. The number of fused-ring (bicyclic) bond motifs is 1. The number of thiophene rings is 1. The zero-order valence-electron chi connectivity index (χ0n) is 17.6. The lowest BCUT2D eigenvalue weighted by Crippen LogP contribution is -2.44. The molecule has 2 aliphatic heterocycles. The maximum absolute atomic E-state index is 4.88. The summed E-state index contributed by atoms with van der Waals surface area (Å²) in [6.07, 6.45) is 3.03. The fourth-order valence-electron chi connectivity index (χ4n) is 4.10. The van der Waals surface area contributed by atoms with Gasteiger partial charge in [0.1, 0.15) is 0 Å². The van der Waals surface area contributed by atoms with E-state index in [-0.39, 0.29) is 0 Å². The molecule has 2 aliphatic rings. The number of nitrogens with one attached hydrogen (secondary N) is 2. The highest BCUT2D eigenvalue weighted by Crippen LogP contribution is 2.34. The first-order valence-electron chi connectivity index (χ1n) is 10.6. The number of rotatable bonds is 4. The van der Waals surface area contributed by atoms with Crippen molar-refractivity contribution in [2.45, 2.75) is 19.9 Å². The van der Waals surface area contributed by atoms with Crippen molar-refractivity contribution in [1.82, 2.24) is 20.2 Å². The first-order valence-corrected chi connectivity index (χ1v) is 11.4. The lowest BCUT2D eigenvalue weighted by molar-refractivity contribution is 0.313. The van der Waals surface area contributed by atoms with Crippen LogP contribution < -0.4 is 15.5 Å². The lowest BCUT2D eigenvalue weighted by atomic mass is 10.1. The summed E-state index contributed by atoms with van der Waals surface area (Å²) in [6, 6.07) is 10.9. The van der Waals surface area contributed by atoms with E-state index in [1.807, 2.05) is 17.5 Å². The number of nitrogens with zero attached hydrogens (tertiary/aromatic N) is 4. The van der Waals surface area contributed by atoms with Gasteiger partial charge in [0.15, 0.2) is 0 Å². The molecule has 1 fully saturated rings. The van der Waals surface area contributed by atoms with Crippen molar-refractivity contribution in [3.63, 3.8) is 0 Å². The summed E-state index contributed by atoms with van der Waals surface area (Å²) < 4.78 is 0. The number of aryl methyl sites for hydroxylation is 1. The molecule has 0 saturated carbocycles. The van der Waals surface area contributed by atoms with Crippen molar-refractivity contribution >= 4 is 28.7 Å². The fraction of sp³-hybridized carbons (Fsp3) is 0.391. The van der Waals surface area contributed by atoms with E-state index in [0.29, 0.717) is 5.95 Å². The average Bonchev–Trinajstić information content (AvgIpc) is 3.20. The summed E-state index contributed by atoms with van der Waals surface area (Å²) in [5.41, 5.74) is 5.82. The van der Waals surface area contributed by atoms with Crippen LogP contribution in [0.4, 0.5) is 17.3 Å². The molecule has 2 N–H and O–H groups in total. The number of aromatic nitrogens is 2. The minimum atomic E-state index is 0.649. The van der Waals surface area contributed by atoms with Gasteiger partial charge in [-0.1, -0.05) is 6.07 Å². The summed E-state index contributed by atoms with van der Waals surface area (Å²) in [4.78, 5) is 17.0. The molecule has 1 saturated heterocycles. The van der Waals surface area contributed by atoms with Gasteiger partial charge < -0.3 is 20.4 Å². The summed E-state index contributed by atoms with van der Waals surface area (Å²) in [5, 5.41) is 6.88. The maximum atomic E-state index is 4.88. The van der Waals surface area contributed by atoms with Crippen LogP contribution in [-0.2, 0) is 13.0 Å². The Labute approximate surface area is 182 Å². The van der Waals surface area contributed by atoms with Gasteiger partial charge in [0, 0.05) is 61.7 Å². The number of hydrogen-bond acceptors (Lipinski definition) is 7. The number of anilines is 3. The Morgan fingerprint density at radius 2 is 2.00 bits per heavy atom. The Kier molecular flexibility index (Phi) is 5.41. The Bertz CT molecular complexity index is 1010. The van der Waals surface area contributed by atoms with E-state index < -0.39 is 0 Å². The first-order chi connectivity index (χ1) is 14.7. The van der Waals surface area contributed by atoms with Crippen molar-refractivity contribution in [2.75, 3.05) is 50.0 Å². The number of likely N-dealkylation sites (N-methyl/N-ethyl adjacent to an activating group) is 1. The standard InChI is InChI=1S/C23H28N6S/c1-16-14-25-23(27-22(16)21-12-17-15-24-7-6-20(17)30-21)26-18-4-3-5-19(13-18)29-10-8-28(2)9-11-29/h3-5,12-14,24H,6-11,15H2,1-2H3,(H,25,26,27). The predicted octanol–water partition coefficient (Wildman–Crippen LogP) is 3.65. The second-order valence-electron chi connectivity index (χ2n) is 8.18. The third-order valence-electron chi connectivity index (χ3n) is 5.92. The highest BCUT2D eigenvalue weighted by molar-refractivity contribution is 7.15. The molecule has 0 spiro atoms. The molecule has 5 rings (SSSR count). The van der Waals surface area contributed by atoms with Gasteiger partial charge in [0.05, 0.1) is 10.6 Å². The van der Waals surface area contributed by atoms with Crippen LogP contribution in [-0.4, -0.2) is 54.6 Å². The van der Waals surface area contributed by atoms with Crippen LogP contribution in [0.2, 0.25) is 0 Å². The molecule has 0 atom stereocenters. The molecule has 6 nitrogen and oxygen atoms in total. The van der Waals surface area contributed by atoms with E-state index in [1.165, 1.54) is 21.0 Å². The van der Waals surface area contributed by atoms with Gasteiger partial charge in [-0.25, -0.2) is 9.97 Å². The van der Waals surface area contributed by atoms with Crippen molar-refractivity contribution in [1.29, 1.82) is 0 Å². The largest absolute Gasteiger partial charge is 0.369 e. The normalized spacial score (nSPS) is 17.1. The lowest BCUT2D eigenvalue weighted by Gasteiger charge is -2.34. The second-order valence-corrected chi connectivity index (χ2v) is 9.31. The average molecular weight is 421 g/mol. The number of piperazine rings is 1. The molecule has 0 bridgehead atoms. The Morgan fingerprint density at radius 1 is 1.13 bits per heavy atom. The molecule has 0 amide bonds. The van der Waals surface area contributed by atoms with Crippen LogP contribution in [0.15, 0.2) is 36.5 Å². The van der Waals surface area contributed by atoms with Crippen LogP contribution in [0.1, 0.15) is 16.0 Å². The summed E-state index contributed by atoms with van der Waals surface area (Å²) in [7, 11) is 2.18. The summed E-state index contributed by atoms with van der Waals surface area (Å²) >= 11 is 1.87. The van der Waals surface area contributed by atoms with Gasteiger partial charge in [-0.05, 0) is 55.8 Å². The van der Waals surface area contributed by atoms with Crippen molar-refractivity contribution < 1.29 is 0 Å². The Balaban J connectivity index is 1.37. The fourth-order valence-corrected chi connectivity index (χ4v) is 5.33. The van der Waals surface area contributed by atoms with E-state index >= 15 is 0 Å². The van der Waals surface area contributed by atoms with E-state index in [1.54, 1.807) is 0 Å². The zero-order chi connectivity index (χ0) is 20.5. The monoisotopic (exact) mass is 420 g/mol. The zero-order valence-corrected chi connectivity index (χ0v) is 18.4. The highest BCUT2D eigenvalue weighted by atomic mass is 32.1. The van der Waals surface area contributed by atoms with E-state index in [2.05, 4.69) is 69.7 Å². The van der Waals surface area contributed by atoms with Gasteiger partial charge in [0.2, 0.25) is 5.95 Å². The van der Waals surface area contributed by atoms with E-state index in [0.717, 1.165) is 62.6 Å². The molecule has 0 unspecified atom stereocenters. The Morgan fingerprint density at radius 3 is 2.83 bits per heavy atom. The number of hydrogen-bond donors (Lipinski definition) is 2. The van der Waals surface area contributed by atoms with E-state index in [4.69, 9.17) is 4.98 Å². The van der Waals surface area contributed by atoms with Gasteiger partial charge in [-0.2, -0.15) is 0 Å². The second kappa shape index (κ2) is 8.34. The smallest absolute Gasteiger partial charge is 0.227 e. The van der Waals surface area contributed by atoms with Crippen molar-refractivity contribution in [3.8, 4) is 10.6 Å². The molecule has 0 aliphatic carbocycles. The third kappa shape index (κ3) is 4.05. The molecule has 30 heavy (non-hydrogen) atoms. The highest BCUT2D eigenvalue weighted by Gasteiger charge is 2.17. The predicted molar refractivity (Wildman–Crippen MR) is 125 cm³/mol. The Hall–Kier alpha value is -2.48. The molecule has 3 aromatic rings. The molecule has 7 heteroatoms. The molecule has 4 heterocycles. The van der Waals surface area contributed by atoms with Gasteiger partial charge >= 0.3 is 0 Å². The van der Waals surface area contributed by atoms with Crippen molar-refractivity contribution in [3.05, 3.63) is 52.5 Å². The minimum Gasteiger partial charge on any atom is -0.369 e. The first kappa shape index (κ1) is 19.5. The van der Waals surface area contributed by atoms with Crippen LogP contribution in [0.5, 0.6) is 0 Å². The molecule has 156 valence electrons. The molecule has 0 radical (unpaired) electrons. The van der Waals surface area contributed by atoms with Gasteiger partial charge in [0.25, 0.3) is 0 Å². The quantitative estimate of drug-likeness (QED) is 0.672. The van der Waals surface area contributed by atoms with Gasteiger partial charge in [-0.3, -0.25) is 0 Å². The summed E-state index contributed by atoms with van der Waals surface area (Å²) in [6.45, 7) is 8.42. The van der Waals surface area contributed by atoms with Crippen LogP contribution >= 0.6 is 11.3 Å². The van der Waals surface area contributed by atoms with Crippen LogP contribution in [0.25, 0.3) is 10.6 Å². The molecular weight excluding hydrogens is 392 g/mol.